The fourth-order valence-electron chi connectivity index (χ4n) is 2.75. The molecule has 1 N–H and O–H groups in total. The number of fused-ring (bicyclic) bond motifs is 1. The van der Waals surface area contributed by atoms with Gasteiger partial charge in [-0.05, 0) is 34.9 Å². The van der Waals surface area contributed by atoms with Gasteiger partial charge in [0.05, 0.1) is 22.2 Å². The summed E-state index contributed by atoms with van der Waals surface area (Å²) in [7, 11) is 0. The highest BCUT2D eigenvalue weighted by Crippen LogP contribution is 2.32. The quantitative estimate of drug-likeness (QED) is 0.599. The van der Waals surface area contributed by atoms with Crippen LogP contribution >= 0.6 is 23.2 Å². The molecule has 0 aliphatic carbocycles. The van der Waals surface area contributed by atoms with Gasteiger partial charge in [0.2, 0.25) is 0 Å². The van der Waals surface area contributed by atoms with Crippen LogP contribution in [0.3, 0.4) is 0 Å². The number of nitrogens with one attached hydrogen (secondary N) is 1. The van der Waals surface area contributed by atoms with Crippen molar-refractivity contribution in [2.24, 2.45) is 0 Å². The summed E-state index contributed by atoms with van der Waals surface area (Å²) in [5.41, 5.74) is 1.95. The molecule has 0 saturated carbocycles. The minimum Gasteiger partial charge on any atom is -0.455 e. The van der Waals surface area contributed by atoms with E-state index in [-0.39, 0.29) is 6.42 Å². The number of hydrogen-bond donors (Lipinski definition) is 1. The number of hydrogen-bond acceptors (Lipinski definition) is 3. The van der Waals surface area contributed by atoms with Crippen molar-refractivity contribution < 1.29 is 14.3 Å². The van der Waals surface area contributed by atoms with Crippen LogP contribution in [0.25, 0.3) is 10.8 Å². The number of anilines is 1. The first-order valence-corrected chi connectivity index (χ1v) is 9.08. The minimum absolute atomic E-state index is 0.0839. The van der Waals surface area contributed by atoms with Crippen LogP contribution in [0.2, 0.25) is 10.0 Å². The Balaban J connectivity index is 1.61. The van der Waals surface area contributed by atoms with Crippen LogP contribution in [0, 0.1) is 6.92 Å². The molecule has 0 heterocycles. The Labute approximate surface area is 167 Å². The second kappa shape index (κ2) is 8.42. The number of esters is 1. The predicted molar refractivity (Wildman–Crippen MR) is 108 cm³/mol. The van der Waals surface area contributed by atoms with Gasteiger partial charge in [-0.15, -0.1) is 0 Å². The van der Waals surface area contributed by atoms with Crippen molar-refractivity contribution in [1.29, 1.82) is 0 Å². The number of halogens is 2. The van der Waals surface area contributed by atoms with Crippen LogP contribution in [-0.2, 0) is 20.7 Å². The fourth-order valence-corrected chi connectivity index (χ4v) is 3.21. The van der Waals surface area contributed by atoms with Gasteiger partial charge in [0.1, 0.15) is 0 Å². The third-order valence-electron chi connectivity index (χ3n) is 4.13. The molecule has 4 nitrogen and oxygen atoms in total. The lowest BCUT2D eigenvalue weighted by atomic mass is 10.0. The molecule has 1 amide bonds. The molecular weight excluding hydrogens is 385 g/mol. The molecule has 0 fully saturated rings. The molecule has 3 aromatic carbocycles. The molecule has 0 aliphatic rings. The van der Waals surface area contributed by atoms with Crippen molar-refractivity contribution in [1.82, 2.24) is 0 Å². The summed E-state index contributed by atoms with van der Waals surface area (Å²) >= 11 is 12.2. The molecule has 0 aliphatic heterocycles. The largest absolute Gasteiger partial charge is 0.455 e. The number of carbonyl (C=O) groups excluding carboxylic acids is 2. The van der Waals surface area contributed by atoms with Crippen molar-refractivity contribution in [3.8, 4) is 0 Å². The maximum absolute atomic E-state index is 12.1. The van der Waals surface area contributed by atoms with Gasteiger partial charge in [-0.3, -0.25) is 9.59 Å². The molecule has 0 atom stereocenters. The summed E-state index contributed by atoms with van der Waals surface area (Å²) in [5.74, 6) is -0.987. The van der Waals surface area contributed by atoms with Gasteiger partial charge in [0.25, 0.3) is 5.91 Å². The van der Waals surface area contributed by atoms with Crippen LogP contribution < -0.4 is 5.32 Å². The zero-order valence-electron chi connectivity index (χ0n) is 14.6. The highest BCUT2D eigenvalue weighted by molar-refractivity contribution is 6.40. The minimum atomic E-state index is -0.504. The van der Waals surface area contributed by atoms with Gasteiger partial charge in [-0.1, -0.05) is 71.7 Å². The van der Waals surface area contributed by atoms with E-state index >= 15 is 0 Å². The summed E-state index contributed by atoms with van der Waals surface area (Å²) < 4.78 is 5.10. The Bertz CT molecular complexity index is 1010. The van der Waals surface area contributed by atoms with E-state index in [2.05, 4.69) is 5.32 Å². The summed E-state index contributed by atoms with van der Waals surface area (Å²) in [4.78, 5) is 24.2. The molecule has 0 spiro atoms. The standard InChI is InChI=1S/C21H17Cl2NO3/c1-13-9-10-17(22)21(20(13)23)24-18(25)12-27-19(26)11-15-7-4-6-14-5-2-3-8-16(14)15/h2-10H,11-12H2,1H3,(H,24,25). The molecule has 27 heavy (non-hydrogen) atoms. The summed E-state index contributed by atoms with van der Waals surface area (Å²) in [6, 6.07) is 16.9. The maximum Gasteiger partial charge on any atom is 0.310 e. The van der Waals surface area contributed by atoms with E-state index in [1.165, 1.54) is 0 Å². The van der Waals surface area contributed by atoms with E-state index in [0.29, 0.717) is 15.7 Å². The van der Waals surface area contributed by atoms with E-state index in [0.717, 1.165) is 21.9 Å². The molecule has 6 heteroatoms. The first kappa shape index (κ1) is 19.2. The van der Waals surface area contributed by atoms with Crippen LogP contribution in [0.4, 0.5) is 5.69 Å². The van der Waals surface area contributed by atoms with Crippen molar-refractivity contribution in [2.75, 3.05) is 11.9 Å². The van der Waals surface area contributed by atoms with Crippen molar-refractivity contribution in [3.63, 3.8) is 0 Å². The molecule has 0 saturated heterocycles. The van der Waals surface area contributed by atoms with Gasteiger partial charge in [0, 0.05) is 0 Å². The molecular formula is C21H17Cl2NO3. The molecule has 0 bridgehead atoms. The Morgan fingerprint density at radius 1 is 1.00 bits per heavy atom. The number of rotatable bonds is 5. The Kier molecular flexibility index (Phi) is 5.99. The SMILES string of the molecule is Cc1ccc(Cl)c(NC(=O)COC(=O)Cc2cccc3ccccc23)c1Cl. The summed E-state index contributed by atoms with van der Waals surface area (Å²) in [6.07, 6.45) is 0.0839. The van der Waals surface area contributed by atoms with Gasteiger partial charge >= 0.3 is 5.97 Å². The first-order valence-electron chi connectivity index (χ1n) is 8.32. The third kappa shape index (κ3) is 4.59. The zero-order chi connectivity index (χ0) is 19.4. The lowest BCUT2D eigenvalue weighted by molar-refractivity contribution is -0.146. The van der Waals surface area contributed by atoms with E-state index < -0.39 is 18.5 Å². The maximum atomic E-state index is 12.1. The average Bonchev–Trinajstić information content (AvgIpc) is 2.67. The van der Waals surface area contributed by atoms with Crippen molar-refractivity contribution in [3.05, 3.63) is 75.8 Å². The molecule has 0 unspecified atom stereocenters. The van der Waals surface area contributed by atoms with Gasteiger partial charge in [0.15, 0.2) is 6.61 Å². The fraction of sp³-hybridized carbons (Fsp3) is 0.143. The number of benzene rings is 3. The smallest absolute Gasteiger partial charge is 0.310 e. The lowest BCUT2D eigenvalue weighted by Gasteiger charge is -2.11. The first-order chi connectivity index (χ1) is 13.0. The average molecular weight is 402 g/mol. The van der Waals surface area contributed by atoms with Gasteiger partial charge in [-0.2, -0.15) is 0 Å². The summed E-state index contributed by atoms with van der Waals surface area (Å²) in [6.45, 7) is 1.39. The molecule has 138 valence electrons. The molecule has 0 aromatic heterocycles. The molecule has 3 rings (SSSR count). The van der Waals surface area contributed by atoms with E-state index in [1.54, 1.807) is 19.1 Å². The van der Waals surface area contributed by atoms with E-state index in [4.69, 9.17) is 27.9 Å². The zero-order valence-corrected chi connectivity index (χ0v) is 16.1. The normalized spacial score (nSPS) is 10.6. The Morgan fingerprint density at radius 2 is 1.74 bits per heavy atom. The van der Waals surface area contributed by atoms with Crippen LogP contribution in [-0.4, -0.2) is 18.5 Å². The topological polar surface area (TPSA) is 55.4 Å². The molecule has 3 aromatic rings. The summed E-state index contributed by atoms with van der Waals surface area (Å²) in [5, 5.41) is 5.30. The second-order valence-electron chi connectivity index (χ2n) is 6.08. The number of aryl methyl sites for hydroxylation is 1. The van der Waals surface area contributed by atoms with E-state index in [1.807, 2.05) is 42.5 Å². The predicted octanol–water partition coefficient (Wildman–Crippen LogP) is 5.18. The van der Waals surface area contributed by atoms with E-state index in [9.17, 15) is 9.59 Å². The monoisotopic (exact) mass is 401 g/mol. The Hall–Kier alpha value is -2.56. The highest BCUT2D eigenvalue weighted by Gasteiger charge is 2.14. The van der Waals surface area contributed by atoms with Crippen molar-refractivity contribution >= 4 is 51.5 Å². The van der Waals surface area contributed by atoms with Gasteiger partial charge in [-0.25, -0.2) is 0 Å². The van der Waals surface area contributed by atoms with Crippen LogP contribution in [0.15, 0.2) is 54.6 Å². The van der Waals surface area contributed by atoms with Crippen molar-refractivity contribution in [2.45, 2.75) is 13.3 Å². The second-order valence-corrected chi connectivity index (χ2v) is 6.86. The molecule has 0 radical (unpaired) electrons. The number of ether oxygens (including phenoxy) is 1. The van der Waals surface area contributed by atoms with Crippen LogP contribution in [0.1, 0.15) is 11.1 Å². The third-order valence-corrected chi connectivity index (χ3v) is 4.93. The van der Waals surface area contributed by atoms with Gasteiger partial charge < -0.3 is 10.1 Å². The lowest BCUT2D eigenvalue weighted by Crippen LogP contribution is -2.22. The Morgan fingerprint density at radius 3 is 2.56 bits per heavy atom. The van der Waals surface area contributed by atoms with Crippen LogP contribution in [0.5, 0.6) is 0 Å². The number of amides is 1. The number of carbonyl (C=O) groups is 2. The highest BCUT2D eigenvalue weighted by atomic mass is 35.5.